The molecule has 0 spiro atoms. The number of carbonyl (C=O) groups is 2. The van der Waals surface area contributed by atoms with Gasteiger partial charge in [0.1, 0.15) is 11.6 Å². The topological polar surface area (TPSA) is 92.3 Å². The third-order valence-electron chi connectivity index (χ3n) is 4.35. The fraction of sp³-hybridized carbons (Fsp3) is 0.263. The van der Waals surface area contributed by atoms with E-state index in [2.05, 4.69) is 10.6 Å². The fourth-order valence-corrected chi connectivity index (χ4v) is 5.08. The molecule has 1 atom stereocenters. The summed E-state index contributed by atoms with van der Waals surface area (Å²) in [6, 6.07) is 7.12. The van der Waals surface area contributed by atoms with Crippen molar-refractivity contribution < 1.29 is 26.8 Å². The summed E-state index contributed by atoms with van der Waals surface area (Å²) in [7, 11) is -3.88. The first-order chi connectivity index (χ1) is 13.7. The van der Waals surface area contributed by atoms with Crippen molar-refractivity contribution in [2.24, 2.45) is 0 Å². The van der Waals surface area contributed by atoms with E-state index in [1.165, 1.54) is 30.8 Å². The largest absolute Gasteiger partial charge is 0.325 e. The summed E-state index contributed by atoms with van der Waals surface area (Å²) >= 11 is 1.45. The zero-order valence-corrected chi connectivity index (χ0v) is 17.0. The van der Waals surface area contributed by atoms with Gasteiger partial charge in [0.25, 0.3) is 0 Å². The van der Waals surface area contributed by atoms with Crippen molar-refractivity contribution >= 4 is 44.8 Å². The third-order valence-corrected chi connectivity index (χ3v) is 7.56. The van der Waals surface area contributed by atoms with Gasteiger partial charge in [0, 0.05) is 29.6 Å². The minimum atomic E-state index is -3.88. The smallest absolute Gasteiger partial charge is 0.225 e. The molecule has 6 nitrogen and oxygen atoms in total. The van der Waals surface area contributed by atoms with Gasteiger partial charge in [-0.1, -0.05) is 0 Å². The fourth-order valence-electron chi connectivity index (χ4n) is 2.77. The monoisotopic (exact) mass is 440 g/mol. The van der Waals surface area contributed by atoms with Crippen LogP contribution in [-0.2, 0) is 19.4 Å². The van der Waals surface area contributed by atoms with Gasteiger partial charge in [0.15, 0.2) is 9.84 Å². The van der Waals surface area contributed by atoms with E-state index in [1.54, 1.807) is 6.07 Å². The number of fused-ring (bicyclic) bond motifs is 1. The number of thioether (sulfide) groups is 1. The average molecular weight is 440 g/mol. The van der Waals surface area contributed by atoms with Crippen molar-refractivity contribution in [1.29, 1.82) is 0 Å². The van der Waals surface area contributed by atoms with Crippen LogP contribution in [0, 0.1) is 11.6 Å². The number of amides is 2. The number of anilines is 2. The van der Waals surface area contributed by atoms with E-state index < -0.39 is 39.0 Å². The first-order valence-corrected chi connectivity index (χ1v) is 11.3. The van der Waals surface area contributed by atoms with Crippen molar-refractivity contribution in [2.75, 3.05) is 16.4 Å². The highest BCUT2D eigenvalue weighted by Gasteiger charge is 2.27. The molecule has 154 valence electrons. The van der Waals surface area contributed by atoms with Gasteiger partial charge >= 0.3 is 0 Å². The lowest BCUT2D eigenvalue weighted by Gasteiger charge is -2.15. The van der Waals surface area contributed by atoms with Gasteiger partial charge in [0.2, 0.25) is 11.8 Å². The van der Waals surface area contributed by atoms with Crippen molar-refractivity contribution in [3.63, 3.8) is 0 Å². The molecule has 10 heteroatoms. The molecule has 0 aliphatic carbocycles. The first kappa shape index (κ1) is 21.3. The molecule has 0 fully saturated rings. The van der Waals surface area contributed by atoms with E-state index >= 15 is 0 Å². The lowest BCUT2D eigenvalue weighted by molar-refractivity contribution is -0.116. The highest BCUT2D eigenvalue weighted by molar-refractivity contribution is 7.99. The minimum absolute atomic E-state index is 0.0210. The summed E-state index contributed by atoms with van der Waals surface area (Å²) in [5, 5.41) is 3.83. The summed E-state index contributed by atoms with van der Waals surface area (Å²) in [4.78, 5) is 24.6. The van der Waals surface area contributed by atoms with Crippen LogP contribution in [0.15, 0.2) is 46.2 Å². The molecule has 2 aromatic carbocycles. The molecule has 0 saturated heterocycles. The Morgan fingerprint density at radius 3 is 2.72 bits per heavy atom. The molecule has 0 unspecified atom stereocenters. The maximum Gasteiger partial charge on any atom is 0.225 e. The average Bonchev–Trinajstić information content (AvgIpc) is 2.83. The molecule has 29 heavy (non-hydrogen) atoms. The molecule has 1 aliphatic heterocycles. The van der Waals surface area contributed by atoms with Gasteiger partial charge in [-0.05, 0) is 37.3 Å². The van der Waals surface area contributed by atoms with Crippen molar-refractivity contribution in [1.82, 2.24) is 0 Å². The number of benzene rings is 2. The molecule has 0 saturated carbocycles. The number of hydrogen-bond donors (Lipinski definition) is 2. The summed E-state index contributed by atoms with van der Waals surface area (Å²) in [5.41, 5.74) is 0.189. The summed E-state index contributed by atoms with van der Waals surface area (Å²) in [6.07, 6.45) is -0.0880. The lowest BCUT2D eigenvalue weighted by Crippen LogP contribution is -2.25. The Morgan fingerprint density at radius 1 is 1.24 bits per heavy atom. The van der Waals surface area contributed by atoms with Crippen LogP contribution < -0.4 is 10.6 Å². The Morgan fingerprint density at radius 2 is 2.00 bits per heavy atom. The molecule has 1 heterocycles. The van der Waals surface area contributed by atoms with E-state index in [0.29, 0.717) is 23.9 Å². The minimum Gasteiger partial charge on any atom is -0.325 e. The summed E-state index contributed by atoms with van der Waals surface area (Å²) in [5.74, 6) is -2.05. The van der Waals surface area contributed by atoms with E-state index in [0.717, 1.165) is 17.0 Å². The predicted molar refractivity (Wildman–Crippen MR) is 107 cm³/mol. The van der Waals surface area contributed by atoms with Gasteiger partial charge in [-0.15, -0.1) is 11.8 Å². The molecular weight excluding hydrogens is 422 g/mol. The number of halogens is 2. The van der Waals surface area contributed by atoms with Crippen LogP contribution in [0.3, 0.4) is 0 Å². The van der Waals surface area contributed by atoms with Crippen LogP contribution in [0.2, 0.25) is 0 Å². The zero-order chi connectivity index (χ0) is 21.2. The zero-order valence-electron chi connectivity index (χ0n) is 15.4. The van der Waals surface area contributed by atoms with Gasteiger partial charge in [0.05, 0.1) is 21.5 Å². The van der Waals surface area contributed by atoms with Gasteiger partial charge in [-0.2, -0.15) is 0 Å². The number of carbonyl (C=O) groups excluding carboxylic acids is 2. The molecule has 3 rings (SSSR count). The molecule has 0 bridgehead atoms. The second kappa shape index (κ2) is 8.50. The third kappa shape index (κ3) is 4.94. The Hall–Kier alpha value is -2.46. The normalized spacial score (nSPS) is 15.1. The summed E-state index contributed by atoms with van der Waals surface area (Å²) < 4.78 is 52.3. The highest BCUT2D eigenvalue weighted by Crippen LogP contribution is 2.33. The van der Waals surface area contributed by atoms with E-state index in [-0.39, 0.29) is 16.5 Å². The molecule has 2 amide bonds. The Bertz CT molecular complexity index is 1070. The van der Waals surface area contributed by atoms with Crippen molar-refractivity contribution in [3.8, 4) is 0 Å². The second-order valence-electron chi connectivity index (χ2n) is 6.54. The summed E-state index contributed by atoms with van der Waals surface area (Å²) in [6.45, 7) is 1.37. The van der Waals surface area contributed by atoms with Crippen LogP contribution in [0.1, 0.15) is 19.8 Å². The Labute approximate surface area is 171 Å². The van der Waals surface area contributed by atoms with Crippen LogP contribution >= 0.6 is 11.8 Å². The van der Waals surface area contributed by atoms with Crippen LogP contribution in [-0.4, -0.2) is 31.2 Å². The van der Waals surface area contributed by atoms with Crippen LogP contribution in [0.4, 0.5) is 20.2 Å². The molecule has 0 radical (unpaired) electrons. The Kier molecular flexibility index (Phi) is 6.23. The van der Waals surface area contributed by atoms with Crippen molar-refractivity contribution in [2.45, 2.75) is 34.8 Å². The standard InChI is InChI=1S/C19H18F2N2O4S2/c1-11(8-19(25)22-15-4-2-12(20)9-14(15)21)29(26,27)13-3-5-17-16(10-13)23-18(24)6-7-28-17/h2-5,9-11H,6-8H2,1H3,(H,22,25)(H,23,24)/t11-/m1/s1. The number of nitrogens with one attached hydrogen (secondary N) is 2. The van der Waals surface area contributed by atoms with Crippen molar-refractivity contribution in [3.05, 3.63) is 48.0 Å². The van der Waals surface area contributed by atoms with Crippen LogP contribution in [0.5, 0.6) is 0 Å². The molecular formula is C19H18F2N2O4S2. The number of rotatable bonds is 5. The highest BCUT2D eigenvalue weighted by atomic mass is 32.2. The molecule has 1 aliphatic rings. The van der Waals surface area contributed by atoms with Gasteiger partial charge < -0.3 is 10.6 Å². The van der Waals surface area contributed by atoms with E-state index in [9.17, 15) is 26.8 Å². The maximum absolute atomic E-state index is 13.7. The Balaban J connectivity index is 1.75. The number of sulfone groups is 1. The van der Waals surface area contributed by atoms with Crippen LogP contribution in [0.25, 0.3) is 0 Å². The number of hydrogen-bond acceptors (Lipinski definition) is 5. The molecule has 0 aromatic heterocycles. The SMILES string of the molecule is C[C@H](CC(=O)Nc1ccc(F)cc1F)S(=O)(=O)c1ccc2c(c1)NC(=O)CCS2. The first-order valence-electron chi connectivity index (χ1n) is 8.72. The molecule has 2 aromatic rings. The van der Waals surface area contributed by atoms with E-state index in [4.69, 9.17) is 0 Å². The second-order valence-corrected chi connectivity index (χ2v) is 10.0. The van der Waals surface area contributed by atoms with Gasteiger partial charge in [-0.3, -0.25) is 9.59 Å². The maximum atomic E-state index is 13.7. The lowest BCUT2D eigenvalue weighted by atomic mass is 10.2. The van der Waals surface area contributed by atoms with Gasteiger partial charge in [-0.25, -0.2) is 17.2 Å². The van der Waals surface area contributed by atoms with E-state index in [1.807, 2.05) is 0 Å². The quantitative estimate of drug-likeness (QED) is 0.741. The predicted octanol–water partition coefficient (Wildman–Crippen LogP) is 3.59. The molecule has 2 N–H and O–H groups in total.